The number of alkyl halides is 3. The number of rotatable bonds is 5. The second-order valence-electron chi connectivity index (χ2n) is 10.2. The maximum absolute atomic E-state index is 13.7. The molecule has 9 heteroatoms. The maximum Gasteiger partial charge on any atom is 0.417 e. The van der Waals surface area contributed by atoms with Crippen LogP contribution in [0.25, 0.3) is 0 Å². The zero-order chi connectivity index (χ0) is 25.7. The zero-order valence-electron chi connectivity index (χ0n) is 20.0. The Labute approximate surface area is 207 Å². The number of methoxy groups -OCH3 is 1. The van der Waals surface area contributed by atoms with E-state index in [2.05, 4.69) is 0 Å². The van der Waals surface area contributed by atoms with Gasteiger partial charge in [0.25, 0.3) is 0 Å². The van der Waals surface area contributed by atoms with Crippen molar-refractivity contribution in [2.75, 3.05) is 44.8 Å². The van der Waals surface area contributed by atoms with Crippen LogP contribution in [0.3, 0.4) is 0 Å². The number of likely N-dealkylation sites (tertiary alicyclic amines) is 1. The predicted octanol–water partition coefficient (Wildman–Crippen LogP) is 3.96. The van der Waals surface area contributed by atoms with Gasteiger partial charge in [0.2, 0.25) is 5.91 Å². The van der Waals surface area contributed by atoms with Gasteiger partial charge >= 0.3 is 6.18 Å². The highest BCUT2D eigenvalue weighted by atomic mass is 19.4. The molecule has 6 nitrogen and oxygen atoms in total. The molecule has 5 rings (SSSR count). The summed E-state index contributed by atoms with van der Waals surface area (Å²) in [7, 11) is 1.60. The van der Waals surface area contributed by atoms with Gasteiger partial charge in [0, 0.05) is 43.2 Å². The number of nitriles is 1. The van der Waals surface area contributed by atoms with E-state index in [4.69, 9.17) is 10.00 Å². The normalized spacial score (nSPS) is 24.7. The number of carbonyl (C=O) groups is 1. The molecule has 0 spiro atoms. The van der Waals surface area contributed by atoms with E-state index in [0.717, 1.165) is 30.2 Å². The number of fused-ring (bicyclic) bond motifs is 1. The molecule has 1 saturated carbocycles. The smallest absolute Gasteiger partial charge is 0.417 e. The first kappa shape index (κ1) is 24.4. The number of halogens is 3. The Kier molecular flexibility index (Phi) is 5.91. The Hall–Kier alpha value is -3.25. The zero-order valence-corrected chi connectivity index (χ0v) is 20.0. The Balaban J connectivity index is 1.36. The second-order valence-corrected chi connectivity index (χ2v) is 10.2. The molecule has 0 unspecified atom stereocenters. The van der Waals surface area contributed by atoms with Crippen LogP contribution in [0, 0.1) is 22.7 Å². The van der Waals surface area contributed by atoms with Crippen LogP contribution >= 0.6 is 0 Å². The third-order valence-corrected chi connectivity index (χ3v) is 8.33. The Morgan fingerprint density at radius 3 is 2.47 bits per heavy atom. The van der Waals surface area contributed by atoms with E-state index < -0.39 is 28.1 Å². The molecule has 0 bridgehead atoms. The number of aliphatic hydroxyl groups excluding tert-OH is 1. The van der Waals surface area contributed by atoms with Gasteiger partial charge in [-0.3, -0.25) is 4.79 Å². The highest BCUT2D eigenvalue weighted by Crippen LogP contribution is 2.52. The Morgan fingerprint density at radius 2 is 1.89 bits per heavy atom. The number of amides is 1. The van der Waals surface area contributed by atoms with Crippen LogP contribution in [-0.2, 0) is 16.4 Å². The van der Waals surface area contributed by atoms with E-state index >= 15 is 0 Å². The summed E-state index contributed by atoms with van der Waals surface area (Å²) >= 11 is 0. The number of hydrogen-bond acceptors (Lipinski definition) is 5. The summed E-state index contributed by atoms with van der Waals surface area (Å²) in [4.78, 5) is 17.4. The molecule has 1 amide bonds. The van der Waals surface area contributed by atoms with Crippen LogP contribution in [0.2, 0.25) is 0 Å². The number of carbonyl (C=O) groups excluding carboxylic acids is 1. The molecule has 1 N–H and O–H groups in total. The van der Waals surface area contributed by atoms with Crippen molar-refractivity contribution < 1.29 is 27.8 Å². The number of anilines is 1. The average Bonchev–Trinajstić information content (AvgIpc) is 3.61. The summed E-state index contributed by atoms with van der Waals surface area (Å²) in [6, 6.07) is 13.0. The van der Waals surface area contributed by atoms with Crippen molar-refractivity contribution in [3.8, 4) is 11.8 Å². The van der Waals surface area contributed by atoms with Crippen molar-refractivity contribution in [2.24, 2.45) is 11.3 Å². The second kappa shape index (κ2) is 8.70. The molecule has 190 valence electrons. The van der Waals surface area contributed by atoms with Crippen LogP contribution in [0.4, 0.5) is 18.9 Å². The molecular weight excluding hydrogens is 471 g/mol. The fourth-order valence-corrected chi connectivity index (χ4v) is 5.95. The van der Waals surface area contributed by atoms with E-state index in [1.165, 1.54) is 12.1 Å². The van der Waals surface area contributed by atoms with Crippen molar-refractivity contribution in [3.63, 3.8) is 0 Å². The Bertz CT molecular complexity index is 1200. The molecule has 2 aliphatic heterocycles. The highest BCUT2D eigenvalue weighted by molar-refractivity contribution is 5.91. The summed E-state index contributed by atoms with van der Waals surface area (Å²) < 4.78 is 45.8. The quantitative estimate of drug-likeness (QED) is 0.674. The predicted molar refractivity (Wildman–Crippen MR) is 126 cm³/mol. The van der Waals surface area contributed by atoms with Gasteiger partial charge in [0.05, 0.1) is 36.3 Å². The molecule has 3 fully saturated rings. The molecule has 3 aliphatic rings. The van der Waals surface area contributed by atoms with E-state index in [0.29, 0.717) is 38.3 Å². The molecule has 36 heavy (non-hydrogen) atoms. The summed E-state index contributed by atoms with van der Waals surface area (Å²) in [5.41, 5.74) is -1.04. The average molecular weight is 500 g/mol. The first-order valence-corrected chi connectivity index (χ1v) is 12.1. The minimum Gasteiger partial charge on any atom is -0.497 e. The number of ether oxygens (including phenoxy) is 1. The van der Waals surface area contributed by atoms with Gasteiger partial charge in [0.15, 0.2) is 0 Å². The van der Waals surface area contributed by atoms with Gasteiger partial charge in [-0.05, 0) is 55.2 Å². The standard InChI is InChI=1S/C27H28F3N3O3/c1-36-22-6-3-19(4-7-22)26(8-9-26)24(35)32-11-10-25(17-34)16-33(15-20(25)14-32)21-5-2-18(13-31)23(12-21)27(28,29)30/h2-7,12,20,34H,8-11,14-17H2,1H3/t20-,25+/m1/s1. The van der Waals surface area contributed by atoms with Crippen molar-refractivity contribution in [1.82, 2.24) is 4.90 Å². The van der Waals surface area contributed by atoms with Crippen LogP contribution in [-0.4, -0.2) is 55.8 Å². The van der Waals surface area contributed by atoms with Gasteiger partial charge in [-0.2, -0.15) is 18.4 Å². The van der Waals surface area contributed by atoms with Crippen molar-refractivity contribution in [2.45, 2.75) is 30.9 Å². The molecule has 2 aromatic rings. The van der Waals surface area contributed by atoms with Crippen LogP contribution in [0.1, 0.15) is 36.0 Å². The summed E-state index contributed by atoms with van der Waals surface area (Å²) in [6.07, 6.45) is -2.49. The monoisotopic (exact) mass is 499 g/mol. The van der Waals surface area contributed by atoms with Crippen LogP contribution in [0.5, 0.6) is 5.75 Å². The first-order valence-electron chi connectivity index (χ1n) is 12.1. The van der Waals surface area contributed by atoms with E-state index in [1.54, 1.807) is 13.2 Å². The lowest BCUT2D eigenvalue weighted by Crippen LogP contribution is -2.52. The molecule has 2 aromatic carbocycles. The van der Waals surface area contributed by atoms with E-state index in [1.807, 2.05) is 34.1 Å². The molecule has 2 atom stereocenters. The molecule has 0 radical (unpaired) electrons. The van der Waals surface area contributed by atoms with E-state index in [9.17, 15) is 23.1 Å². The fraction of sp³-hybridized carbons (Fsp3) is 0.481. The third-order valence-electron chi connectivity index (χ3n) is 8.33. The van der Waals surface area contributed by atoms with Crippen molar-refractivity contribution >= 4 is 11.6 Å². The van der Waals surface area contributed by atoms with Gasteiger partial charge in [-0.1, -0.05) is 12.1 Å². The van der Waals surface area contributed by atoms with Gasteiger partial charge in [-0.15, -0.1) is 0 Å². The lowest BCUT2D eigenvalue weighted by molar-refractivity contribution is -0.138. The number of hydrogen-bond donors (Lipinski definition) is 1. The minimum atomic E-state index is -4.63. The summed E-state index contributed by atoms with van der Waals surface area (Å²) in [5.74, 6) is 0.738. The van der Waals surface area contributed by atoms with Crippen molar-refractivity contribution in [1.29, 1.82) is 5.26 Å². The number of nitrogens with zero attached hydrogens (tertiary/aromatic N) is 3. The van der Waals surface area contributed by atoms with Gasteiger partial charge in [-0.25, -0.2) is 0 Å². The van der Waals surface area contributed by atoms with Crippen LogP contribution < -0.4 is 9.64 Å². The highest BCUT2D eigenvalue weighted by Gasteiger charge is 2.56. The SMILES string of the molecule is COc1ccc(C2(C(=O)N3CC[C@@]4(CO)CN(c5ccc(C#N)c(C(F)(F)F)c5)C[C@H]4C3)CC2)cc1. The maximum atomic E-state index is 13.7. The minimum absolute atomic E-state index is 0.0724. The number of benzene rings is 2. The number of piperidine rings is 1. The van der Waals surface area contributed by atoms with Crippen LogP contribution in [0.15, 0.2) is 42.5 Å². The lowest BCUT2D eigenvalue weighted by Gasteiger charge is -2.43. The largest absolute Gasteiger partial charge is 0.497 e. The molecule has 2 heterocycles. The van der Waals surface area contributed by atoms with Crippen molar-refractivity contribution in [3.05, 3.63) is 59.2 Å². The fourth-order valence-electron chi connectivity index (χ4n) is 5.95. The molecular formula is C27H28F3N3O3. The summed E-state index contributed by atoms with van der Waals surface area (Å²) in [5, 5.41) is 19.4. The van der Waals surface area contributed by atoms with E-state index in [-0.39, 0.29) is 18.4 Å². The topological polar surface area (TPSA) is 76.8 Å². The molecule has 0 aromatic heterocycles. The molecule has 1 aliphatic carbocycles. The Morgan fingerprint density at radius 1 is 1.17 bits per heavy atom. The van der Waals surface area contributed by atoms with Gasteiger partial charge < -0.3 is 19.6 Å². The number of aliphatic hydroxyl groups is 1. The third kappa shape index (κ3) is 3.97. The summed E-state index contributed by atoms with van der Waals surface area (Å²) in [6.45, 7) is 1.70. The molecule has 2 saturated heterocycles. The lowest BCUT2D eigenvalue weighted by atomic mass is 9.73. The van der Waals surface area contributed by atoms with Gasteiger partial charge in [0.1, 0.15) is 5.75 Å². The first-order chi connectivity index (χ1) is 17.2.